The molecule has 2 aliphatic rings. The van der Waals surface area contributed by atoms with Crippen LogP contribution in [0.3, 0.4) is 0 Å². The number of carboxylic acid groups (broad SMARTS) is 1. The standard InChI is InChI=1S/C9H13NO4/c11-7-5-9(14-10-7)3-1-6(2-4-9)8(12)13/h6H,1-5H2,(H,10,11)(H,12,13). The van der Waals surface area contributed by atoms with Gasteiger partial charge in [0, 0.05) is 0 Å². The SMILES string of the molecule is O=C1CC2(CCC(C(=O)O)CC2)ON1. The Labute approximate surface area is 81.4 Å². The normalized spacial score (nSPS) is 37.1. The zero-order chi connectivity index (χ0) is 10.2. The van der Waals surface area contributed by atoms with Crippen molar-refractivity contribution in [3.05, 3.63) is 0 Å². The van der Waals surface area contributed by atoms with Crippen molar-refractivity contribution in [2.24, 2.45) is 5.92 Å². The maximum atomic E-state index is 11.0. The largest absolute Gasteiger partial charge is 0.481 e. The highest BCUT2D eigenvalue weighted by atomic mass is 16.7. The third-order valence-electron chi connectivity index (χ3n) is 3.11. The molecule has 0 aromatic heterocycles. The van der Waals surface area contributed by atoms with Gasteiger partial charge in [-0.15, -0.1) is 0 Å². The molecule has 5 nitrogen and oxygen atoms in total. The zero-order valence-electron chi connectivity index (χ0n) is 7.78. The Morgan fingerprint density at radius 2 is 2.14 bits per heavy atom. The summed E-state index contributed by atoms with van der Waals surface area (Å²) in [6, 6.07) is 0. The summed E-state index contributed by atoms with van der Waals surface area (Å²) in [6.45, 7) is 0. The van der Waals surface area contributed by atoms with Crippen LogP contribution in [0.1, 0.15) is 32.1 Å². The fourth-order valence-electron chi connectivity index (χ4n) is 2.20. The van der Waals surface area contributed by atoms with E-state index in [-0.39, 0.29) is 11.8 Å². The highest BCUT2D eigenvalue weighted by molar-refractivity contribution is 5.78. The summed E-state index contributed by atoms with van der Waals surface area (Å²) in [5, 5.41) is 8.80. The number of nitrogens with one attached hydrogen (secondary N) is 1. The van der Waals surface area contributed by atoms with E-state index in [1.807, 2.05) is 0 Å². The van der Waals surface area contributed by atoms with Gasteiger partial charge in [0.05, 0.1) is 12.3 Å². The van der Waals surface area contributed by atoms with Gasteiger partial charge in [-0.3, -0.25) is 14.4 Å². The summed E-state index contributed by atoms with van der Waals surface area (Å²) < 4.78 is 0. The van der Waals surface area contributed by atoms with E-state index in [9.17, 15) is 9.59 Å². The number of hydrogen-bond donors (Lipinski definition) is 2. The number of amides is 1. The number of aliphatic carboxylic acids is 1. The van der Waals surface area contributed by atoms with Crippen molar-refractivity contribution in [3.63, 3.8) is 0 Å². The van der Waals surface area contributed by atoms with Crippen LogP contribution in [0.15, 0.2) is 0 Å². The van der Waals surface area contributed by atoms with E-state index < -0.39 is 11.6 Å². The molecule has 0 aromatic carbocycles. The number of carboxylic acids is 1. The van der Waals surface area contributed by atoms with Crippen LogP contribution < -0.4 is 5.48 Å². The van der Waals surface area contributed by atoms with Gasteiger partial charge in [-0.05, 0) is 25.7 Å². The first-order valence-corrected chi connectivity index (χ1v) is 4.81. The average Bonchev–Trinajstić information content (AvgIpc) is 2.48. The first-order chi connectivity index (χ1) is 6.61. The van der Waals surface area contributed by atoms with Gasteiger partial charge in [0.25, 0.3) is 0 Å². The van der Waals surface area contributed by atoms with Crippen LogP contribution in [0.2, 0.25) is 0 Å². The molecule has 78 valence electrons. The molecule has 5 heteroatoms. The monoisotopic (exact) mass is 199 g/mol. The van der Waals surface area contributed by atoms with Crippen molar-refractivity contribution >= 4 is 11.9 Å². The van der Waals surface area contributed by atoms with Gasteiger partial charge in [-0.2, -0.15) is 0 Å². The number of rotatable bonds is 1. The molecule has 1 aliphatic heterocycles. The Balaban J connectivity index is 1.95. The Kier molecular flexibility index (Phi) is 2.19. The molecule has 0 radical (unpaired) electrons. The minimum absolute atomic E-state index is 0.0984. The highest BCUT2D eigenvalue weighted by Gasteiger charge is 2.44. The summed E-state index contributed by atoms with van der Waals surface area (Å²) in [4.78, 5) is 26.9. The summed E-state index contributed by atoms with van der Waals surface area (Å²) >= 11 is 0. The molecule has 2 rings (SSSR count). The van der Waals surface area contributed by atoms with Crippen molar-refractivity contribution in [1.29, 1.82) is 0 Å². The van der Waals surface area contributed by atoms with Gasteiger partial charge >= 0.3 is 5.97 Å². The lowest BCUT2D eigenvalue weighted by Gasteiger charge is -2.32. The highest BCUT2D eigenvalue weighted by Crippen LogP contribution is 2.38. The third kappa shape index (κ3) is 1.59. The minimum atomic E-state index is -0.739. The second-order valence-corrected chi connectivity index (χ2v) is 4.10. The van der Waals surface area contributed by atoms with Crippen molar-refractivity contribution in [2.75, 3.05) is 0 Å². The molecule has 1 saturated heterocycles. The quantitative estimate of drug-likeness (QED) is 0.643. The van der Waals surface area contributed by atoms with Crippen LogP contribution in [0, 0.1) is 5.92 Å². The first kappa shape index (κ1) is 9.45. The smallest absolute Gasteiger partial charge is 0.306 e. The average molecular weight is 199 g/mol. The zero-order valence-corrected chi connectivity index (χ0v) is 7.78. The molecule has 1 saturated carbocycles. The van der Waals surface area contributed by atoms with Crippen LogP contribution in [0.4, 0.5) is 0 Å². The van der Waals surface area contributed by atoms with Crippen molar-refractivity contribution in [1.82, 2.24) is 5.48 Å². The van der Waals surface area contributed by atoms with E-state index in [0.717, 1.165) is 0 Å². The molecule has 14 heavy (non-hydrogen) atoms. The van der Waals surface area contributed by atoms with E-state index in [2.05, 4.69) is 5.48 Å². The van der Waals surface area contributed by atoms with Gasteiger partial charge in [-0.1, -0.05) is 0 Å². The molecule has 1 aliphatic carbocycles. The Morgan fingerprint density at radius 1 is 1.50 bits per heavy atom. The summed E-state index contributed by atoms with van der Waals surface area (Å²) in [5.41, 5.74) is 1.92. The maximum Gasteiger partial charge on any atom is 0.306 e. The molecule has 0 atom stereocenters. The minimum Gasteiger partial charge on any atom is -0.481 e. The van der Waals surface area contributed by atoms with Crippen LogP contribution >= 0.6 is 0 Å². The van der Waals surface area contributed by atoms with Gasteiger partial charge in [-0.25, -0.2) is 5.48 Å². The van der Waals surface area contributed by atoms with Crippen molar-refractivity contribution < 1.29 is 19.5 Å². The Hall–Kier alpha value is -1.10. The second kappa shape index (κ2) is 3.24. The number of carbonyl (C=O) groups is 2. The Morgan fingerprint density at radius 3 is 2.57 bits per heavy atom. The first-order valence-electron chi connectivity index (χ1n) is 4.81. The third-order valence-corrected chi connectivity index (χ3v) is 3.11. The van der Waals surface area contributed by atoms with Crippen LogP contribution in [-0.4, -0.2) is 22.6 Å². The van der Waals surface area contributed by atoms with E-state index >= 15 is 0 Å². The van der Waals surface area contributed by atoms with Crippen molar-refractivity contribution in [3.8, 4) is 0 Å². The van der Waals surface area contributed by atoms with Crippen molar-refractivity contribution in [2.45, 2.75) is 37.7 Å². The molecular formula is C9H13NO4. The fourth-order valence-corrected chi connectivity index (χ4v) is 2.20. The molecule has 0 aromatic rings. The number of hydroxylamine groups is 1. The van der Waals surface area contributed by atoms with Gasteiger partial charge in [0.2, 0.25) is 5.91 Å². The molecule has 2 N–H and O–H groups in total. The molecule has 1 amide bonds. The molecule has 0 bridgehead atoms. The summed E-state index contributed by atoms with van der Waals surface area (Å²) in [6.07, 6.45) is 2.89. The number of carbonyl (C=O) groups excluding carboxylic acids is 1. The Bertz CT molecular complexity index is 268. The van der Waals surface area contributed by atoms with E-state index in [4.69, 9.17) is 9.94 Å². The van der Waals surface area contributed by atoms with Crippen LogP contribution in [0.5, 0.6) is 0 Å². The summed E-state index contributed by atoms with van der Waals surface area (Å²) in [5.74, 6) is -1.10. The molecule has 1 spiro atoms. The molecular weight excluding hydrogens is 186 g/mol. The van der Waals surface area contributed by atoms with E-state index in [1.54, 1.807) is 0 Å². The van der Waals surface area contributed by atoms with Gasteiger partial charge < -0.3 is 5.11 Å². The predicted molar refractivity (Wildman–Crippen MR) is 46.2 cm³/mol. The predicted octanol–water partition coefficient (Wildman–Crippen LogP) is 0.452. The maximum absolute atomic E-state index is 11.0. The second-order valence-electron chi connectivity index (χ2n) is 4.10. The van der Waals surface area contributed by atoms with Crippen LogP contribution in [-0.2, 0) is 14.4 Å². The lowest BCUT2D eigenvalue weighted by atomic mass is 9.77. The fraction of sp³-hybridized carbons (Fsp3) is 0.778. The topological polar surface area (TPSA) is 75.6 Å². The lowest BCUT2D eigenvalue weighted by molar-refractivity contribution is -0.147. The van der Waals surface area contributed by atoms with Crippen LogP contribution in [0.25, 0.3) is 0 Å². The van der Waals surface area contributed by atoms with E-state index in [0.29, 0.717) is 32.1 Å². The van der Waals surface area contributed by atoms with Gasteiger partial charge in [0.15, 0.2) is 0 Å². The molecule has 0 unspecified atom stereocenters. The number of hydrogen-bond acceptors (Lipinski definition) is 3. The van der Waals surface area contributed by atoms with E-state index in [1.165, 1.54) is 0 Å². The lowest BCUT2D eigenvalue weighted by Crippen LogP contribution is -2.36. The van der Waals surface area contributed by atoms with Gasteiger partial charge in [0.1, 0.15) is 5.60 Å². The summed E-state index contributed by atoms with van der Waals surface area (Å²) in [7, 11) is 0. The molecule has 2 fully saturated rings. The molecule has 1 heterocycles.